The molecule has 2 N–H and O–H groups in total. The number of hydrogen-bond donors (Lipinski definition) is 2. The first-order valence-electron chi connectivity index (χ1n) is 4.56. The summed E-state index contributed by atoms with van der Waals surface area (Å²) in [4.78, 5) is 11.2. The summed E-state index contributed by atoms with van der Waals surface area (Å²) in [6, 6.07) is -0.0438. The van der Waals surface area contributed by atoms with Gasteiger partial charge in [0.1, 0.15) is 6.54 Å². The lowest BCUT2D eigenvalue weighted by atomic mass is 10.2. The van der Waals surface area contributed by atoms with Crippen molar-refractivity contribution in [1.29, 1.82) is 0 Å². The molecule has 15 heavy (non-hydrogen) atoms. The van der Waals surface area contributed by atoms with Crippen LogP contribution in [-0.2, 0) is 4.79 Å². The Morgan fingerprint density at radius 1 is 1.40 bits per heavy atom. The molecule has 1 saturated heterocycles. The van der Waals surface area contributed by atoms with E-state index in [9.17, 15) is 18.0 Å². The molecule has 1 saturated carbocycles. The van der Waals surface area contributed by atoms with Gasteiger partial charge in [-0.05, 0) is 18.8 Å². The quantitative estimate of drug-likeness (QED) is 0.756. The van der Waals surface area contributed by atoms with E-state index < -0.39 is 24.7 Å². The van der Waals surface area contributed by atoms with Crippen LogP contribution in [0.5, 0.6) is 0 Å². The highest BCUT2D eigenvalue weighted by Crippen LogP contribution is 2.40. The highest BCUT2D eigenvalue weighted by Gasteiger charge is 2.48. The normalized spacial score (nSPS) is 32.9. The van der Waals surface area contributed by atoms with E-state index in [-0.39, 0.29) is 12.4 Å². The van der Waals surface area contributed by atoms with Crippen molar-refractivity contribution >= 4 is 18.3 Å². The standard InChI is InChI=1S/C8H11F3N2O.ClH/c9-8(10,11)3-12-7(14)6-2-4-1-5(4)13-6;/h4-6,13H,1-3H2,(H,12,14);1H/t4-,5-,6-;/m0./s1. The first-order valence-corrected chi connectivity index (χ1v) is 4.56. The number of fused-ring (bicyclic) bond motifs is 1. The van der Waals surface area contributed by atoms with Crippen molar-refractivity contribution in [2.24, 2.45) is 5.92 Å². The molecule has 1 amide bonds. The summed E-state index contributed by atoms with van der Waals surface area (Å²) in [6.45, 7) is -1.24. The zero-order valence-electron chi connectivity index (χ0n) is 7.80. The SMILES string of the molecule is Cl.O=C(NCC(F)(F)F)[C@@H]1C[C@@H]2C[C@@H]2N1. The summed E-state index contributed by atoms with van der Waals surface area (Å²) >= 11 is 0. The molecule has 3 nitrogen and oxygen atoms in total. The van der Waals surface area contributed by atoms with Gasteiger partial charge in [0.2, 0.25) is 5.91 Å². The predicted molar refractivity (Wildman–Crippen MR) is 49.7 cm³/mol. The molecule has 0 spiro atoms. The average Bonchev–Trinajstić information content (AvgIpc) is 2.68. The number of rotatable bonds is 2. The van der Waals surface area contributed by atoms with Gasteiger partial charge < -0.3 is 10.6 Å². The van der Waals surface area contributed by atoms with Gasteiger partial charge in [-0.25, -0.2) is 0 Å². The second-order valence-corrected chi connectivity index (χ2v) is 3.89. The highest BCUT2D eigenvalue weighted by molar-refractivity contribution is 5.85. The Hall–Kier alpha value is -0.490. The Kier molecular flexibility index (Phi) is 3.50. The summed E-state index contributed by atoms with van der Waals surface area (Å²) in [5, 5.41) is 4.86. The van der Waals surface area contributed by atoms with Crippen LogP contribution in [0.1, 0.15) is 12.8 Å². The van der Waals surface area contributed by atoms with E-state index in [2.05, 4.69) is 5.32 Å². The largest absolute Gasteiger partial charge is 0.405 e. The third-order valence-corrected chi connectivity index (χ3v) is 2.66. The highest BCUT2D eigenvalue weighted by atomic mass is 35.5. The van der Waals surface area contributed by atoms with Crippen LogP contribution in [0.2, 0.25) is 0 Å². The van der Waals surface area contributed by atoms with Crippen molar-refractivity contribution < 1.29 is 18.0 Å². The van der Waals surface area contributed by atoms with E-state index in [0.717, 1.165) is 6.42 Å². The Labute approximate surface area is 91.2 Å². The Morgan fingerprint density at radius 3 is 2.53 bits per heavy atom. The number of carbonyl (C=O) groups is 1. The van der Waals surface area contributed by atoms with Gasteiger partial charge in [0.25, 0.3) is 0 Å². The molecule has 1 heterocycles. The van der Waals surface area contributed by atoms with E-state index in [4.69, 9.17) is 0 Å². The smallest absolute Gasteiger partial charge is 0.346 e. The number of piperidine rings is 1. The first kappa shape index (κ1) is 12.6. The molecule has 2 fully saturated rings. The Morgan fingerprint density at radius 2 is 2.07 bits per heavy atom. The number of amides is 1. The summed E-state index contributed by atoms with van der Waals surface area (Å²) in [5.74, 6) is -0.0221. The fourth-order valence-corrected chi connectivity index (χ4v) is 1.83. The minimum atomic E-state index is -4.32. The molecular weight excluding hydrogens is 233 g/mol. The predicted octanol–water partition coefficient (Wildman–Crippen LogP) is 0.837. The molecular formula is C8H12ClF3N2O. The molecule has 1 aliphatic heterocycles. The number of nitrogens with one attached hydrogen (secondary N) is 2. The van der Waals surface area contributed by atoms with Crippen LogP contribution >= 0.6 is 12.4 Å². The molecule has 2 rings (SSSR count). The van der Waals surface area contributed by atoms with E-state index in [1.54, 1.807) is 0 Å². The fraction of sp³-hybridized carbons (Fsp3) is 0.875. The number of hydrogen-bond acceptors (Lipinski definition) is 2. The van der Waals surface area contributed by atoms with Crippen molar-refractivity contribution in [2.45, 2.75) is 31.1 Å². The van der Waals surface area contributed by atoms with Crippen LogP contribution in [0.25, 0.3) is 0 Å². The molecule has 0 radical (unpaired) electrons. The zero-order chi connectivity index (χ0) is 10.3. The molecule has 0 aromatic carbocycles. The van der Waals surface area contributed by atoms with E-state index in [1.807, 2.05) is 5.32 Å². The van der Waals surface area contributed by atoms with Gasteiger partial charge in [0.15, 0.2) is 0 Å². The third kappa shape index (κ3) is 3.24. The Balaban J connectivity index is 0.00000112. The van der Waals surface area contributed by atoms with Gasteiger partial charge in [-0.1, -0.05) is 0 Å². The van der Waals surface area contributed by atoms with E-state index in [1.165, 1.54) is 0 Å². The molecule has 1 aliphatic carbocycles. The minimum Gasteiger partial charge on any atom is -0.346 e. The van der Waals surface area contributed by atoms with E-state index >= 15 is 0 Å². The van der Waals surface area contributed by atoms with Crippen LogP contribution in [0.15, 0.2) is 0 Å². The van der Waals surface area contributed by atoms with Crippen LogP contribution in [0.4, 0.5) is 13.2 Å². The van der Waals surface area contributed by atoms with Gasteiger partial charge in [-0.3, -0.25) is 4.79 Å². The average molecular weight is 245 g/mol. The summed E-state index contributed by atoms with van der Waals surface area (Å²) in [5.41, 5.74) is 0. The third-order valence-electron chi connectivity index (χ3n) is 2.66. The lowest BCUT2D eigenvalue weighted by Crippen LogP contribution is -2.45. The number of halogens is 4. The molecule has 88 valence electrons. The van der Waals surface area contributed by atoms with Gasteiger partial charge in [0, 0.05) is 6.04 Å². The Bertz CT molecular complexity index is 249. The van der Waals surface area contributed by atoms with Crippen LogP contribution in [0.3, 0.4) is 0 Å². The molecule has 7 heteroatoms. The second kappa shape index (κ2) is 4.17. The number of alkyl halides is 3. The monoisotopic (exact) mass is 244 g/mol. The summed E-state index contributed by atoms with van der Waals surface area (Å²) in [7, 11) is 0. The minimum absolute atomic E-state index is 0. The van der Waals surface area contributed by atoms with Crippen molar-refractivity contribution in [3.8, 4) is 0 Å². The van der Waals surface area contributed by atoms with Gasteiger partial charge >= 0.3 is 6.18 Å². The maximum Gasteiger partial charge on any atom is 0.405 e. The van der Waals surface area contributed by atoms with Crippen molar-refractivity contribution in [2.75, 3.05) is 6.54 Å². The summed E-state index contributed by atoms with van der Waals surface area (Å²) in [6.07, 6.45) is -2.59. The molecule has 0 unspecified atom stereocenters. The van der Waals surface area contributed by atoms with Crippen LogP contribution < -0.4 is 10.6 Å². The molecule has 3 atom stereocenters. The molecule has 0 aromatic rings. The second-order valence-electron chi connectivity index (χ2n) is 3.89. The zero-order valence-corrected chi connectivity index (χ0v) is 8.62. The molecule has 2 aliphatic rings. The van der Waals surface area contributed by atoms with E-state index in [0.29, 0.717) is 18.4 Å². The van der Waals surface area contributed by atoms with Crippen molar-refractivity contribution in [3.05, 3.63) is 0 Å². The van der Waals surface area contributed by atoms with Gasteiger partial charge in [0.05, 0.1) is 6.04 Å². The van der Waals surface area contributed by atoms with Crippen molar-refractivity contribution in [3.63, 3.8) is 0 Å². The maximum absolute atomic E-state index is 11.8. The summed E-state index contributed by atoms with van der Waals surface area (Å²) < 4.78 is 35.3. The molecule has 0 bridgehead atoms. The fourth-order valence-electron chi connectivity index (χ4n) is 1.83. The van der Waals surface area contributed by atoms with Crippen LogP contribution in [0, 0.1) is 5.92 Å². The lowest BCUT2D eigenvalue weighted by molar-refractivity contribution is -0.139. The number of carbonyl (C=O) groups excluding carboxylic acids is 1. The van der Waals surface area contributed by atoms with Gasteiger partial charge in [-0.15, -0.1) is 12.4 Å². The van der Waals surface area contributed by atoms with Crippen LogP contribution in [-0.4, -0.2) is 30.7 Å². The molecule has 0 aromatic heterocycles. The first-order chi connectivity index (χ1) is 6.46. The lowest BCUT2D eigenvalue weighted by Gasteiger charge is -2.14. The maximum atomic E-state index is 11.8. The van der Waals surface area contributed by atoms with Crippen molar-refractivity contribution in [1.82, 2.24) is 10.6 Å². The topological polar surface area (TPSA) is 41.1 Å². The van der Waals surface area contributed by atoms with Gasteiger partial charge in [-0.2, -0.15) is 13.2 Å².